The summed E-state index contributed by atoms with van der Waals surface area (Å²) in [6.07, 6.45) is 1.53. The quantitative estimate of drug-likeness (QED) is 0.683. The third-order valence-electron chi connectivity index (χ3n) is 3.95. The zero-order chi connectivity index (χ0) is 18.1. The summed E-state index contributed by atoms with van der Waals surface area (Å²) < 4.78 is 10.4. The van der Waals surface area contributed by atoms with Gasteiger partial charge in [-0.05, 0) is 12.5 Å². The van der Waals surface area contributed by atoms with Gasteiger partial charge in [-0.15, -0.1) is 0 Å². The Hall–Kier alpha value is -2.38. The summed E-state index contributed by atoms with van der Waals surface area (Å²) in [4.78, 5) is 10.7. The third-order valence-corrected chi connectivity index (χ3v) is 3.95. The Kier molecular flexibility index (Phi) is 7.43. The minimum absolute atomic E-state index is 0.0812. The average Bonchev–Trinajstić information content (AvgIpc) is 2.65. The largest absolute Gasteiger partial charge is 0.393 e. The number of nitrogens with one attached hydrogen (secondary N) is 1. The van der Waals surface area contributed by atoms with E-state index < -0.39 is 0 Å². The van der Waals surface area contributed by atoms with E-state index in [-0.39, 0.29) is 6.04 Å². The molecule has 136 valence electrons. The second-order valence-corrected chi connectivity index (χ2v) is 5.71. The van der Waals surface area contributed by atoms with Gasteiger partial charge in [-0.3, -0.25) is 0 Å². The zero-order valence-electron chi connectivity index (χ0n) is 15.1. The average molecular weight is 345 g/mol. The first-order chi connectivity index (χ1) is 12.2. The Morgan fingerprint density at radius 1 is 1.08 bits per heavy atom. The van der Waals surface area contributed by atoms with Crippen LogP contribution in [0.3, 0.4) is 0 Å². The van der Waals surface area contributed by atoms with Crippen molar-refractivity contribution in [3.05, 3.63) is 42.2 Å². The molecule has 2 aromatic rings. The summed E-state index contributed by atoms with van der Waals surface area (Å²) in [5.74, 6) is 1.31. The molecule has 0 fully saturated rings. The molecule has 7 nitrogen and oxygen atoms in total. The number of methoxy groups -OCH3 is 2. The van der Waals surface area contributed by atoms with Crippen LogP contribution in [-0.2, 0) is 9.47 Å². The number of hydrogen-bond acceptors (Lipinski definition) is 7. The maximum Gasteiger partial charge on any atom is 0.157 e. The van der Waals surface area contributed by atoms with E-state index in [1.165, 1.54) is 6.33 Å². The van der Waals surface area contributed by atoms with Crippen molar-refractivity contribution >= 4 is 17.3 Å². The van der Waals surface area contributed by atoms with Gasteiger partial charge in [-0.25, -0.2) is 9.97 Å². The third kappa shape index (κ3) is 5.30. The number of nitrogen functional groups attached to an aromatic ring is 1. The summed E-state index contributed by atoms with van der Waals surface area (Å²) in [6.45, 7) is 4.58. The van der Waals surface area contributed by atoms with Crippen LogP contribution in [0.2, 0.25) is 0 Å². The lowest BCUT2D eigenvalue weighted by atomic mass is 10.1. The molecule has 0 saturated carbocycles. The topological polar surface area (TPSA) is 85.5 Å². The first-order valence-corrected chi connectivity index (χ1v) is 8.32. The normalized spacial score (nSPS) is 12.0. The van der Waals surface area contributed by atoms with E-state index in [1.807, 2.05) is 23.1 Å². The molecule has 1 unspecified atom stereocenters. The monoisotopic (exact) mass is 345 g/mol. The number of hydrogen-bond donors (Lipinski definition) is 2. The number of nitrogens with two attached hydrogens (primary N) is 1. The predicted octanol–water partition coefficient (Wildman–Crippen LogP) is 2.33. The van der Waals surface area contributed by atoms with Gasteiger partial charge in [0.05, 0.1) is 19.3 Å². The van der Waals surface area contributed by atoms with Crippen LogP contribution >= 0.6 is 0 Å². The van der Waals surface area contributed by atoms with Crippen LogP contribution in [0.5, 0.6) is 0 Å². The summed E-state index contributed by atoms with van der Waals surface area (Å²) in [6, 6.07) is 10.2. The summed E-state index contributed by atoms with van der Waals surface area (Å²) >= 11 is 0. The first-order valence-electron chi connectivity index (χ1n) is 8.32. The molecule has 0 aliphatic rings. The predicted molar refractivity (Wildman–Crippen MR) is 101 cm³/mol. The van der Waals surface area contributed by atoms with E-state index in [1.54, 1.807) is 14.2 Å². The van der Waals surface area contributed by atoms with Gasteiger partial charge in [-0.2, -0.15) is 0 Å². The van der Waals surface area contributed by atoms with Crippen molar-refractivity contribution in [2.24, 2.45) is 0 Å². The molecule has 7 heteroatoms. The maximum absolute atomic E-state index is 6.34. The maximum atomic E-state index is 6.34. The standard InChI is InChI=1S/C18H27N5O2/c1-14(15-7-5-4-6-8-15)22-17-16(19)18(21-13-20-17)23(9-11-24-2)10-12-25-3/h4-8,13-14H,9-12,19H2,1-3H3,(H,20,21,22). The minimum Gasteiger partial charge on any atom is -0.393 e. The minimum atomic E-state index is 0.0812. The van der Waals surface area contributed by atoms with Gasteiger partial charge in [0.1, 0.15) is 12.0 Å². The zero-order valence-corrected chi connectivity index (χ0v) is 15.1. The SMILES string of the molecule is COCCN(CCOC)c1ncnc(NC(C)c2ccccc2)c1N. The fourth-order valence-corrected chi connectivity index (χ4v) is 2.51. The first kappa shape index (κ1) is 19.0. The molecule has 1 atom stereocenters. The highest BCUT2D eigenvalue weighted by Crippen LogP contribution is 2.28. The van der Waals surface area contributed by atoms with Gasteiger partial charge in [0.15, 0.2) is 11.6 Å². The molecule has 1 aromatic carbocycles. The van der Waals surface area contributed by atoms with Crippen LogP contribution in [0.4, 0.5) is 17.3 Å². The molecule has 0 aliphatic carbocycles. The van der Waals surface area contributed by atoms with E-state index in [0.29, 0.717) is 43.6 Å². The number of ether oxygens (including phenoxy) is 2. The van der Waals surface area contributed by atoms with Crippen molar-refractivity contribution < 1.29 is 9.47 Å². The van der Waals surface area contributed by atoms with Gasteiger partial charge in [0, 0.05) is 27.3 Å². The molecule has 25 heavy (non-hydrogen) atoms. The highest BCUT2D eigenvalue weighted by molar-refractivity contribution is 5.75. The van der Waals surface area contributed by atoms with Crippen molar-refractivity contribution in [3.63, 3.8) is 0 Å². The molecule has 2 rings (SSSR count). The Morgan fingerprint density at radius 2 is 1.72 bits per heavy atom. The van der Waals surface area contributed by atoms with Gasteiger partial charge in [-0.1, -0.05) is 30.3 Å². The summed E-state index contributed by atoms with van der Waals surface area (Å²) in [7, 11) is 3.35. The molecule has 0 spiro atoms. The van der Waals surface area contributed by atoms with Crippen LogP contribution in [0, 0.1) is 0 Å². The number of benzene rings is 1. The molecule has 3 N–H and O–H groups in total. The highest BCUT2D eigenvalue weighted by Gasteiger charge is 2.16. The van der Waals surface area contributed by atoms with Crippen molar-refractivity contribution in [1.29, 1.82) is 0 Å². The molecule has 0 saturated heterocycles. The lowest BCUT2D eigenvalue weighted by molar-refractivity contribution is 0.190. The van der Waals surface area contributed by atoms with Crippen LogP contribution < -0.4 is 16.0 Å². The van der Waals surface area contributed by atoms with Crippen LogP contribution in [0.1, 0.15) is 18.5 Å². The molecular formula is C18H27N5O2. The number of anilines is 3. The van der Waals surface area contributed by atoms with Crippen LogP contribution in [-0.4, -0.2) is 50.5 Å². The Balaban J connectivity index is 2.19. The summed E-state index contributed by atoms with van der Waals surface area (Å²) in [5.41, 5.74) is 8.03. The lowest BCUT2D eigenvalue weighted by Crippen LogP contribution is -2.32. The van der Waals surface area contributed by atoms with Crippen LogP contribution in [0.15, 0.2) is 36.7 Å². The van der Waals surface area contributed by atoms with Crippen molar-refractivity contribution in [3.8, 4) is 0 Å². The van der Waals surface area contributed by atoms with Gasteiger partial charge < -0.3 is 25.4 Å². The lowest BCUT2D eigenvalue weighted by Gasteiger charge is -2.25. The molecule has 1 aromatic heterocycles. The Labute approximate surface area is 149 Å². The number of rotatable bonds is 10. The molecule has 0 aliphatic heterocycles. The second-order valence-electron chi connectivity index (χ2n) is 5.71. The van der Waals surface area contributed by atoms with E-state index in [4.69, 9.17) is 15.2 Å². The molecular weight excluding hydrogens is 318 g/mol. The number of nitrogens with zero attached hydrogens (tertiary/aromatic N) is 3. The van der Waals surface area contributed by atoms with Gasteiger partial charge in [0.2, 0.25) is 0 Å². The molecule has 0 radical (unpaired) electrons. The summed E-state index contributed by atoms with van der Waals surface area (Å²) in [5, 5.41) is 3.37. The van der Waals surface area contributed by atoms with E-state index >= 15 is 0 Å². The van der Waals surface area contributed by atoms with Crippen molar-refractivity contribution in [1.82, 2.24) is 9.97 Å². The highest BCUT2D eigenvalue weighted by atomic mass is 16.5. The van der Waals surface area contributed by atoms with E-state index in [2.05, 4.69) is 34.3 Å². The Morgan fingerprint density at radius 3 is 2.32 bits per heavy atom. The van der Waals surface area contributed by atoms with Gasteiger partial charge >= 0.3 is 0 Å². The number of aromatic nitrogens is 2. The van der Waals surface area contributed by atoms with E-state index in [9.17, 15) is 0 Å². The molecule has 0 bridgehead atoms. The Bertz CT molecular complexity index is 631. The second kappa shape index (κ2) is 9.80. The van der Waals surface area contributed by atoms with Crippen molar-refractivity contribution in [2.75, 3.05) is 56.5 Å². The van der Waals surface area contributed by atoms with E-state index in [0.717, 1.165) is 5.56 Å². The smallest absolute Gasteiger partial charge is 0.157 e. The molecule has 0 amide bonds. The van der Waals surface area contributed by atoms with Gasteiger partial charge in [0.25, 0.3) is 0 Å². The molecule has 1 heterocycles. The fourth-order valence-electron chi connectivity index (χ4n) is 2.51. The van der Waals surface area contributed by atoms with Crippen molar-refractivity contribution in [2.45, 2.75) is 13.0 Å². The van der Waals surface area contributed by atoms with Crippen LogP contribution in [0.25, 0.3) is 0 Å². The fraction of sp³-hybridized carbons (Fsp3) is 0.444.